The van der Waals surface area contributed by atoms with Crippen LogP contribution in [0.25, 0.3) is 27.8 Å². The number of hydrogen-bond donors (Lipinski definition) is 1. The third-order valence-corrected chi connectivity index (χ3v) is 4.12. The fraction of sp³-hybridized carbons (Fsp3) is 0. The summed E-state index contributed by atoms with van der Waals surface area (Å²) < 4.78 is 1.70. The van der Waals surface area contributed by atoms with Crippen molar-refractivity contribution in [2.45, 2.75) is 0 Å². The SMILES string of the molecule is O=C(O)c1cc(Cl)c2n(-c3ccccc3)nc3ccccc3c1-2. The molecule has 0 saturated heterocycles. The topological polar surface area (TPSA) is 55.1 Å². The van der Waals surface area contributed by atoms with Gasteiger partial charge < -0.3 is 5.11 Å². The van der Waals surface area contributed by atoms with Crippen molar-refractivity contribution in [3.05, 3.63) is 71.2 Å². The van der Waals surface area contributed by atoms with Crippen molar-refractivity contribution in [2.24, 2.45) is 0 Å². The molecule has 4 rings (SSSR count). The number of carbonyl (C=O) groups is 1. The van der Waals surface area contributed by atoms with Crippen molar-refractivity contribution < 1.29 is 9.90 Å². The number of carboxylic acids is 1. The van der Waals surface area contributed by atoms with Crippen LogP contribution in [0, 0.1) is 0 Å². The molecular weight excluding hydrogens is 312 g/mol. The van der Waals surface area contributed by atoms with E-state index in [1.807, 2.05) is 54.6 Å². The number of nitrogens with zero attached hydrogens (tertiary/aromatic N) is 2. The quantitative estimate of drug-likeness (QED) is 0.592. The van der Waals surface area contributed by atoms with Gasteiger partial charge in [0.05, 0.1) is 27.5 Å². The Kier molecular flexibility index (Phi) is 3.06. The van der Waals surface area contributed by atoms with E-state index in [0.29, 0.717) is 21.8 Å². The summed E-state index contributed by atoms with van der Waals surface area (Å²) in [5.41, 5.74) is 2.94. The lowest BCUT2D eigenvalue weighted by molar-refractivity contribution is 0.0698. The van der Waals surface area contributed by atoms with Gasteiger partial charge in [-0.1, -0.05) is 48.0 Å². The van der Waals surface area contributed by atoms with E-state index < -0.39 is 5.97 Å². The van der Waals surface area contributed by atoms with Crippen LogP contribution in [0.2, 0.25) is 5.02 Å². The summed E-state index contributed by atoms with van der Waals surface area (Å²) in [5.74, 6) is -1.00. The van der Waals surface area contributed by atoms with Crippen molar-refractivity contribution in [2.75, 3.05) is 0 Å². The lowest BCUT2D eigenvalue weighted by atomic mass is 10.0. The molecule has 0 atom stereocenters. The minimum Gasteiger partial charge on any atom is -0.478 e. The number of carboxylic acid groups (broad SMARTS) is 1. The first kappa shape index (κ1) is 13.8. The van der Waals surface area contributed by atoms with Gasteiger partial charge in [-0.3, -0.25) is 0 Å². The number of aromatic carboxylic acids is 1. The van der Waals surface area contributed by atoms with Crippen LogP contribution in [-0.4, -0.2) is 20.9 Å². The Morgan fingerprint density at radius 1 is 1.04 bits per heavy atom. The monoisotopic (exact) mass is 322 g/mol. The molecule has 4 nitrogen and oxygen atoms in total. The Hall–Kier alpha value is -2.85. The smallest absolute Gasteiger partial charge is 0.336 e. The zero-order valence-electron chi connectivity index (χ0n) is 11.9. The molecule has 112 valence electrons. The molecule has 0 aromatic heterocycles. The molecule has 1 aliphatic heterocycles. The number of halogens is 1. The highest BCUT2D eigenvalue weighted by Crippen LogP contribution is 2.41. The van der Waals surface area contributed by atoms with E-state index in [9.17, 15) is 9.90 Å². The van der Waals surface area contributed by atoms with Crippen molar-refractivity contribution in [1.82, 2.24) is 9.78 Å². The lowest BCUT2D eigenvalue weighted by Gasteiger charge is -2.15. The summed E-state index contributed by atoms with van der Waals surface area (Å²) in [5, 5.41) is 15.3. The molecule has 2 aromatic carbocycles. The first-order valence-electron chi connectivity index (χ1n) is 7.05. The first-order chi connectivity index (χ1) is 11.2. The summed E-state index contributed by atoms with van der Waals surface area (Å²) in [6, 6.07) is 18.5. The maximum Gasteiger partial charge on any atom is 0.336 e. The number of benzene rings is 2. The summed E-state index contributed by atoms with van der Waals surface area (Å²) in [4.78, 5) is 11.6. The summed E-state index contributed by atoms with van der Waals surface area (Å²) in [7, 11) is 0. The molecule has 1 N–H and O–H groups in total. The highest BCUT2D eigenvalue weighted by atomic mass is 35.5. The van der Waals surface area contributed by atoms with Gasteiger partial charge >= 0.3 is 5.97 Å². The number of fused-ring (bicyclic) bond motifs is 3. The fourth-order valence-electron chi connectivity index (χ4n) is 2.85. The Balaban J connectivity index is 2.19. The molecule has 0 fully saturated rings. The van der Waals surface area contributed by atoms with Gasteiger partial charge in [-0.2, -0.15) is 5.10 Å². The first-order valence-corrected chi connectivity index (χ1v) is 7.43. The van der Waals surface area contributed by atoms with Gasteiger partial charge in [-0.05, 0) is 24.3 Å². The van der Waals surface area contributed by atoms with Gasteiger partial charge in [0.2, 0.25) is 0 Å². The van der Waals surface area contributed by atoms with Crippen LogP contribution in [0.15, 0.2) is 60.7 Å². The molecule has 0 unspecified atom stereocenters. The largest absolute Gasteiger partial charge is 0.478 e. The zero-order chi connectivity index (χ0) is 16.0. The Morgan fingerprint density at radius 3 is 2.48 bits per heavy atom. The highest BCUT2D eigenvalue weighted by Gasteiger charge is 2.26. The van der Waals surface area contributed by atoms with Crippen LogP contribution in [0.5, 0.6) is 0 Å². The molecule has 23 heavy (non-hydrogen) atoms. The molecule has 2 aromatic rings. The molecule has 1 heterocycles. The molecular formula is C18H11ClN2O2. The third-order valence-electron chi connectivity index (χ3n) is 3.83. The van der Waals surface area contributed by atoms with Gasteiger partial charge in [-0.15, -0.1) is 0 Å². The Labute approximate surface area is 136 Å². The summed E-state index contributed by atoms with van der Waals surface area (Å²) in [6.45, 7) is 0. The minimum atomic E-state index is -1.00. The lowest BCUT2D eigenvalue weighted by Crippen LogP contribution is -2.07. The normalized spacial score (nSPS) is 11.2. The summed E-state index contributed by atoms with van der Waals surface area (Å²) in [6.07, 6.45) is 0. The molecule has 5 heteroatoms. The molecule has 0 bridgehead atoms. The zero-order valence-corrected chi connectivity index (χ0v) is 12.7. The number of rotatable bonds is 2. The van der Waals surface area contributed by atoms with Crippen LogP contribution in [-0.2, 0) is 0 Å². The molecule has 2 aliphatic rings. The van der Waals surface area contributed by atoms with Crippen LogP contribution in [0.3, 0.4) is 0 Å². The molecule has 1 aliphatic carbocycles. The van der Waals surface area contributed by atoms with E-state index in [2.05, 4.69) is 5.10 Å². The van der Waals surface area contributed by atoms with Gasteiger partial charge in [-0.25, -0.2) is 9.48 Å². The average molecular weight is 323 g/mol. The second-order valence-corrected chi connectivity index (χ2v) is 5.61. The number of aromatic nitrogens is 2. The van der Waals surface area contributed by atoms with Crippen LogP contribution < -0.4 is 0 Å². The molecule has 0 amide bonds. The second kappa shape index (κ2) is 5.11. The third kappa shape index (κ3) is 2.07. The minimum absolute atomic E-state index is 0.188. The van der Waals surface area contributed by atoms with E-state index in [4.69, 9.17) is 11.6 Å². The number of para-hydroxylation sites is 1. The predicted octanol–water partition coefficient (Wildman–Crippen LogP) is 4.48. The van der Waals surface area contributed by atoms with Crippen molar-refractivity contribution in [3.63, 3.8) is 0 Å². The van der Waals surface area contributed by atoms with E-state index >= 15 is 0 Å². The Morgan fingerprint density at radius 2 is 1.74 bits per heavy atom. The van der Waals surface area contributed by atoms with E-state index in [-0.39, 0.29) is 5.56 Å². The van der Waals surface area contributed by atoms with Gasteiger partial charge in [0.1, 0.15) is 0 Å². The van der Waals surface area contributed by atoms with Gasteiger partial charge in [0.15, 0.2) is 0 Å². The van der Waals surface area contributed by atoms with E-state index in [1.165, 1.54) is 6.07 Å². The molecule has 0 radical (unpaired) electrons. The maximum atomic E-state index is 11.6. The predicted molar refractivity (Wildman–Crippen MR) is 89.7 cm³/mol. The Bertz CT molecular complexity index is 1010. The molecule has 0 saturated carbocycles. The van der Waals surface area contributed by atoms with Crippen LogP contribution in [0.4, 0.5) is 0 Å². The number of hydrogen-bond acceptors (Lipinski definition) is 2. The molecule has 0 spiro atoms. The van der Waals surface area contributed by atoms with Crippen LogP contribution in [0.1, 0.15) is 10.4 Å². The van der Waals surface area contributed by atoms with Crippen molar-refractivity contribution in [1.29, 1.82) is 0 Å². The van der Waals surface area contributed by atoms with Gasteiger partial charge in [0.25, 0.3) is 0 Å². The maximum absolute atomic E-state index is 11.6. The van der Waals surface area contributed by atoms with Crippen molar-refractivity contribution >= 4 is 28.5 Å². The fourth-order valence-corrected chi connectivity index (χ4v) is 3.13. The standard InChI is InChI=1S/C18H11ClN2O2/c19-14-10-13(18(22)23)16-12-8-4-5-9-15(12)20-21(17(14)16)11-6-2-1-3-7-11/h1-10H,(H,22,23). The van der Waals surface area contributed by atoms with E-state index in [0.717, 1.165) is 11.1 Å². The van der Waals surface area contributed by atoms with Gasteiger partial charge in [0, 0.05) is 10.9 Å². The second-order valence-electron chi connectivity index (χ2n) is 5.20. The summed E-state index contributed by atoms with van der Waals surface area (Å²) >= 11 is 6.35. The van der Waals surface area contributed by atoms with E-state index in [1.54, 1.807) is 4.68 Å². The van der Waals surface area contributed by atoms with Crippen LogP contribution >= 0.6 is 11.6 Å². The highest BCUT2D eigenvalue weighted by molar-refractivity contribution is 6.35. The van der Waals surface area contributed by atoms with Crippen molar-refractivity contribution in [3.8, 4) is 16.9 Å². The average Bonchev–Trinajstić information content (AvgIpc) is 2.93.